The van der Waals surface area contributed by atoms with Gasteiger partial charge in [0.05, 0.1) is 6.10 Å². The highest BCUT2D eigenvalue weighted by Crippen LogP contribution is 2.23. The monoisotopic (exact) mass is 292 g/mol. The molecule has 1 rings (SSSR count). The van der Waals surface area contributed by atoms with Gasteiger partial charge in [0.15, 0.2) is 0 Å². The Bertz CT molecular complexity index is 438. The maximum absolute atomic E-state index is 5.93. The van der Waals surface area contributed by atoms with E-state index in [1.165, 1.54) is 10.5 Å². The van der Waals surface area contributed by atoms with Gasteiger partial charge in [0, 0.05) is 17.8 Å². The molecule has 0 aliphatic rings. The molecule has 0 saturated heterocycles. The Labute approximate surface area is 126 Å². The van der Waals surface area contributed by atoms with Crippen LogP contribution in [0.4, 0.5) is 0 Å². The highest BCUT2D eigenvalue weighted by Gasteiger charge is 2.05. The molecule has 0 fully saturated rings. The average molecular weight is 292 g/mol. The van der Waals surface area contributed by atoms with Crippen LogP contribution in [0.15, 0.2) is 53.1 Å². The quantitative estimate of drug-likeness (QED) is 0.507. The molecule has 0 heterocycles. The number of rotatable bonds is 8. The highest BCUT2D eigenvalue weighted by atomic mass is 32.2. The molecule has 1 atom stereocenters. The second kappa shape index (κ2) is 9.67. The molecule has 0 N–H and O–H groups in total. The molecular weight excluding hydrogens is 268 g/mol. The van der Waals surface area contributed by atoms with E-state index < -0.39 is 0 Å². The third-order valence-electron chi connectivity index (χ3n) is 2.84. The zero-order valence-corrected chi connectivity index (χ0v) is 13.6. The van der Waals surface area contributed by atoms with Gasteiger partial charge in [0.25, 0.3) is 0 Å². The van der Waals surface area contributed by atoms with Crippen LogP contribution >= 0.6 is 11.8 Å². The van der Waals surface area contributed by atoms with Gasteiger partial charge in [-0.05, 0) is 32.4 Å². The first-order valence-corrected chi connectivity index (χ1v) is 7.81. The van der Waals surface area contributed by atoms with Crippen LogP contribution in [0, 0.1) is 0 Å². The largest absolute Gasteiger partial charge is 0.488 e. The summed E-state index contributed by atoms with van der Waals surface area (Å²) >= 11 is 1.77. The Morgan fingerprint density at radius 2 is 2.00 bits per heavy atom. The molecule has 0 aromatic heterocycles. The van der Waals surface area contributed by atoms with Gasteiger partial charge in [-0.15, -0.1) is 11.8 Å². The predicted molar refractivity (Wildman–Crippen MR) is 87.7 cm³/mol. The van der Waals surface area contributed by atoms with Crippen LogP contribution in [0.1, 0.15) is 26.3 Å². The van der Waals surface area contributed by atoms with E-state index in [0.29, 0.717) is 6.61 Å². The van der Waals surface area contributed by atoms with E-state index in [2.05, 4.69) is 26.0 Å². The molecular formula is C17H24O2S. The average Bonchev–Trinajstić information content (AvgIpc) is 2.49. The van der Waals surface area contributed by atoms with E-state index in [0.717, 1.165) is 11.5 Å². The predicted octanol–water partition coefficient (Wildman–Crippen LogP) is 4.78. The number of thioether (sulfide) groups is 1. The van der Waals surface area contributed by atoms with E-state index in [-0.39, 0.29) is 6.10 Å². The van der Waals surface area contributed by atoms with Gasteiger partial charge in [-0.25, -0.2) is 0 Å². The van der Waals surface area contributed by atoms with E-state index in [4.69, 9.17) is 9.47 Å². The van der Waals surface area contributed by atoms with Gasteiger partial charge in [-0.1, -0.05) is 36.4 Å². The van der Waals surface area contributed by atoms with Crippen molar-refractivity contribution in [1.29, 1.82) is 0 Å². The Balaban J connectivity index is 2.62. The molecule has 2 nitrogen and oxygen atoms in total. The Morgan fingerprint density at radius 1 is 1.30 bits per heavy atom. The van der Waals surface area contributed by atoms with Crippen LogP contribution in [0.5, 0.6) is 0 Å². The van der Waals surface area contributed by atoms with Crippen LogP contribution in [0.2, 0.25) is 0 Å². The van der Waals surface area contributed by atoms with E-state index in [1.54, 1.807) is 18.9 Å². The lowest BCUT2D eigenvalue weighted by Crippen LogP contribution is -2.07. The van der Waals surface area contributed by atoms with Gasteiger partial charge >= 0.3 is 0 Å². The van der Waals surface area contributed by atoms with Gasteiger partial charge in [-0.2, -0.15) is 0 Å². The summed E-state index contributed by atoms with van der Waals surface area (Å²) in [5.41, 5.74) is 1.18. The van der Waals surface area contributed by atoms with E-state index >= 15 is 0 Å². The van der Waals surface area contributed by atoms with Crippen molar-refractivity contribution in [3.8, 4) is 0 Å². The van der Waals surface area contributed by atoms with Gasteiger partial charge in [-0.3, -0.25) is 0 Å². The van der Waals surface area contributed by atoms with Crippen molar-refractivity contribution >= 4 is 11.8 Å². The molecule has 3 heteroatoms. The van der Waals surface area contributed by atoms with Crippen molar-refractivity contribution < 1.29 is 9.47 Å². The lowest BCUT2D eigenvalue weighted by molar-refractivity contribution is 0.138. The molecule has 0 saturated carbocycles. The molecule has 0 radical (unpaired) electrons. The molecule has 0 aliphatic carbocycles. The number of ether oxygens (including phenoxy) is 2. The lowest BCUT2D eigenvalue weighted by Gasteiger charge is -2.13. The summed E-state index contributed by atoms with van der Waals surface area (Å²) in [5.74, 6) is 1.86. The van der Waals surface area contributed by atoms with Crippen molar-refractivity contribution in [3.05, 3.63) is 58.7 Å². The van der Waals surface area contributed by atoms with Crippen LogP contribution < -0.4 is 0 Å². The Hall–Kier alpha value is -1.19. The molecule has 110 valence electrons. The highest BCUT2D eigenvalue weighted by molar-refractivity contribution is 8.03. The summed E-state index contributed by atoms with van der Waals surface area (Å²) < 4.78 is 11.2. The first kappa shape index (κ1) is 16.9. The van der Waals surface area contributed by atoms with Crippen molar-refractivity contribution in [2.45, 2.75) is 33.5 Å². The topological polar surface area (TPSA) is 18.5 Å². The fourth-order valence-corrected chi connectivity index (χ4v) is 2.43. The fourth-order valence-electron chi connectivity index (χ4n) is 1.54. The molecule has 1 unspecified atom stereocenters. The molecule has 0 spiro atoms. The second-order valence-electron chi connectivity index (χ2n) is 4.55. The Morgan fingerprint density at radius 3 is 2.60 bits per heavy atom. The normalized spacial score (nSPS) is 14.2. The van der Waals surface area contributed by atoms with Crippen molar-refractivity contribution in [3.63, 3.8) is 0 Å². The zero-order valence-electron chi connectivity index (χ0n) is 12.8. The number of methoxy groups -OCH3 is 1. The van der Waals surface area contributed by atoms with Crippen LogP contribution in [-0.4, -0.2) is 19.0 Å². The minimum Gasteiger partial charge on any atom is -0.488 e. The van der Waals surface area contributed by atoms with Crippen LogP contribution in [0.3, 0.4) is 0 Å². The second-order valence-corrected chi connectivity index (χ2v) is 5.79. The molecule has 0 amide bonds. The van der Waals surface area contributed by atoms with E-state index in [9.17, 15) is 0 Å². The molecule has 1 aromatic rings. The first-order valence-electron chi connectivity index (χ1n) is 6.83. The summed E-state index contributed by atoms with van der Waals surface area (Å²) in [5, 5.41) is 0. The summed E-state index contributed by atoms with van der Waals surface area (Å²) in [6.45, 7) is 6.76. The zero-order chi connectivity index (χ0) is 14.8. The fraction of sp³-hybridized carbons (Fsp3) is 0.412. The summed E-state index contributed by atoms with van der Waals surface area (Å²) in [6.07, 6.45) is 4.27. The molecule has 0 bridgehead atoms. The first-order chi connectivity index (χ1) is 9.67. The number of allylic oxidation sites excluding steroid dienone is 3. The molecule has 1 aromatic carbocycles. The third-order valence-corrected chi connectivity index (χ3v) is 4.11. The van der Waals surface area contributed by atoms with Crippen molar-refractivity contribution in [2.75, 3.05) is 12.9 Å². The van der Waals surface area contributed by atoms with E-state index in [1.807, 2.05) is 37.3 Å². The minimum absolute atomic E-state index is 0.246. The summed E-state index contributed by atoms with van der Waals surface area (Å²) in [7, 11) is 1.74. The maximum atomic E-state index is 5.93. The van der Waals surface area contributed by atoms with Crippen molar-refractivity contribution in [2.24, 2.45) is 0 Å². The number of hydrogen-bond acceptors (Lipinski definition) is 3. The van der Waals surface area contributed by atoms with Crippen molar-refractivity contribution in [1.82, 2.24) is 0 Å². The smallest absolute Gasteiger partial charge is 0.128 e. The summed E-state index contributed by atoms with van der Waals surface area (Å²) in [6, 6.07) is 10.2. The number of hydrogen-bond donors (Lipinski definition) is 0. The van der Waals surface area contributed by atoms with Gasteiger partial charge in [0.2, 0.25) is 0 Å². The standard InChI is InChI=1S/C17H24O2S/c1-5-9-17(15(3)20-13-14(2)18-4)19-12-16-10-7-6-8-11-16/h5-11,14H,12-13H2,1-4H3/b9-5-,17-15-. The Kier molecular flexibility index (Phi) is 8.16. The third kappa shape index (κ3) is 6.31. The SMILES string of the molecule is C/C=C\C(OCc1ccccc1)=C(/C)SCC(C)OC. The molecule has 0 aliphatic heterocycles. The molecule has 20 heavy (non-hydrogen) atoms. The lowest BCUT2D eigenvalue weighted by atomic mass is 10.2. The van der Waals surface area contributed by atoms with Gasteiger partial charge < -0.3 is 9.47 Å². The maximum Gasteiger partial charge on any atom is 0.128 e. The van der Waals surface area contributed by atoms with Gasteiger partial charge in [0.1, 0.15) is 12.4 Å². The van der Waals surface area contributed by atoms with Crippen LogP contribution in [-0.2, 0) is 16.1 Å². The van der Waals surface area contributed by atoms with Crippen LogP contribution in [0.25, 0.3) is 0 Å². The number of benzene rings is 1. The minimum atomic E-state index is 0.246. The summed E-state index contributed by atoms with van der Waals surface area (Å²) in [4.78, 5) is 1.18.